The summed E-state index contributed by atoms with van der Waals surface area (Å²) in [7, 11) is 0. The molecule has 0 saturated heterocycles. The van der Waals surface area contributed by atoms with Crippen molar-refractivity contribution in [2.24, 2.45) is 4.99 Å². The van der Waals surface area contributed by atoms with Crippen molar-refractivity contribution in [1.29, 1.82) is 0 Å². The van der Waals surface area contributed by atoms with Crippen molar-refractivity contribution in [3.05, 3.63) is 71.8 Å². The van der Waals surface area contributed by atoms with E-state index in [-0.39, 0.29) is 6.04 Å². The Bertz CT molecular complexity index is 589. The van der Waals surface area contributed by atoms with Crippen LogP contribution in [0.4, 0.5) is 0 Å². The number of amidine groups is 1. The second-order valence-corrected chi connectivity index (χ2v) is 5.76. The monoisotopic (exact) mass is 278 g/mol. The van der Waals surface area contributed by atoms with Gasteiger partial charge in [-0.15, -0.1) is 0 Å². The van der Waals surface area contributed by atoms with Gasteiger partial charge in [0.25, 0.3) is 0 Å². The van der Waals surface area contributed by atoms with Gasteiger partial charge in [-0.1, -0.05) is 60.7 Å². The highest BCUT2D eigenvalue weighted by atomic mass is 15.0. The molecule has 108 valence electrons. The van der Waals surface area contributed by atoms with Gasteiger partial charge in [0.2, 0.25) is 0 Å². The van der Waals surface area contributed by atoms with Crippen LogP contribution in [0.3, 0.4) is 0 Å². The summed E-state index contributed by atoms with van der Waals surface area (Å²) in [6.45, 7) is 2.18. The van der Waals surface area contributed by atoms with Crippen LogP contribution in [-0.2, 0) is 6.42 Å². The molecule has 0 aromatic heterocycles. The molecular weight excluding hydrogens is 256 g/mol. The van der Waals surface area contributed by atoms with Crippen molar-refractivity contribution in [3.8, 4) is 0 Å². The van der Waals surface area contributed by atoms with Gasteiger partial charge in [-0.3, -0.25) is 4.99 Å². The number of benzene rings is 2. The van der Waals surface area contributed by atoms with E-state index in [2.05, 4.69) is 72.9 Å². The zero-order valence-electron chi connectivity index (χ0n) is 12.5. The van der Waals surface area contributed by atoms with Crippen LogP contribution in [0.2, 0.25) is 0 Å². The Morgan fingerprint density at radius 3 is 2.33 bits per heavy atom. The Morgan fingerprint density at radius 2 is 1.71 bits per heavy atom. The van der Waals surface area contributed by atoms with Crippen molar-refractivity contribution in [1.82, 2.24) is 5.32 Å². The van der Waals surface area contributed by atoms with Crippen LogP contribution in [0.25, 0.3) is 0 Å². The van der Waals surface area contributed by atoms with Gasteiger partial charge in [-0.2, -0.15) is 0 Å². The van der Waals surface area contributed by atoms with Gasteiger partial charge in [0, 0.05) is 12.5 Å². The SMILES string of the molecule is CC1CCC(NC(Cc2ccccc2)c2ccccc2)=N1. The molecule has 0 aliphatic carbocycles. The summed E-state index contributed by atoms with van der Waals surface area (Å²) in [5.41, 5.74) is 2.68. The van der Waals surface area contributed by atoms with Gasteiger partial charge < -0.3 is 5.32 Å². The second kappa shape index (κ2) is 6.57. The molecule has 0 bridgehead atoms. The predicted molar refractivity (Wildman–Crippen MR) is 88.6 cm³/mol. The van der Waals surface area contributed by atoms with Gasteiger partial charge in [0.15, 0.2) is 0 Å². The van der Waals surface area contributed by atoms with E-state index in [1.165, 1.54) is 11.1 Å². The smallest absolute Gasteiger partial charge is 0.0972 e. The lowest BCUT2D eigenvalue weighted by atomic mass is 9.98. The third kappa shape index (κ3) is 3.72. The number of rotatable bonds is 4. The topological polar surface area (TPSA) is 24.4 Å². The van der Waals surface area contributed by atoms with E-state index in [0.29, 0.717) is 6.04 Å². The third-order valence-corrected chi connectivity index (χ3v) is 4.00. The van der Waals surface area contributed by atoms with Crippen LogP contribution in [0, 0.1) is 0 Å². The average molecular weight is 278 g/mol. The van der Waals surface area contributed by atoms with Crippen LogP contribution in [-0.4, -0.2) is 11.9 Å². The Labute approximate surface area is 126 Å². The number of aliphatic imine (C=N–C) groups is 1. The quantitative estimate of drug-likeness (QED) is 0.893. The van der Waals surface area contributed by atoms with Crippen LogP contribution in [0.1, 0.15) is 36.9 Å². The van der Waals surface area contributed by atoms with Crippen LogP contribution < -0.4 is 5.32 Å². The minimum atomic E-state index is 0.289. The molecular formula is C19H22N2. The first-order chi connectivity index (χ1) is 10.3. The summed E-state index contributed by atoms with van der Waals surface area (Å²) >= 11 is 0. The zero-order chi connectivity index (χ0) is 14.5. The molecule has 0 radical (unpaired) electrons. The number of nitrogens with one attached hydrogen (secondary N) is 1. The molecule has 0 fully saturated rings. The summed E-state index contributed by atoms with van der Waals surface area (Å²) in [5, 5.41) is 3.66. The van der Waals surface area contributed by atoms with E-state index in [0.717, 1.165) is 25.1 Å². The van der Waals surface area contributed by atoms with E-state index >= 15 is 0 Å². The third-order valence-electron chi connectivity index (χ3n) is 4.00. The molecule has 2 heteroatoms. The number of hydrogen-bond donors (Lipinski definition) is 1. The molecule has 0 spiro atoms. The molecule has 2 aromatic rings. The molecule has 2 unspecified atom stereocenters. The fraction of sp³-hybridized carbons (Fsp3) is 0.316. The summed E-state index contributed by atoms with van der Waals surface area (Å²) in [6, 6.07) is 22.1. The van der Waals surface area contributed by atoms with Crippen molar-refractivity contribution >= 4 is 5.84 Å². The lowest BCUT2D eigenvalue weighted by Gasteiger charge is -2.20. The standard InChI is InChI=1S/C19H22N2/c1-15-12-13-19(20-15)21-18(17-10-6-3-7-11-17)14-16-8-4-2-5-9-16/h2-11,15,18H,12-14H2,1H3,(H,20,21). The maximum Gasteiger partial charge on any atom is 0.0972 e. The van der Waals surface area contributed by atoms with E-state index < -0.39 is 0 Å². The molecule has 3 rings (SSSR count). The predicted octanol–water partition coefficient (Wildman–Crippen LogP) is 4.14. The molecule has 2 nitrogen and oxygen atoms in total. The Kier molecular flexibility index (Phi) is 4.34. The molecule has 2 aromatic carbocycles. The van der Waals surface area contributed by atoms with Crippen LogP contribution >= 0.6 is 0 Å². The van der Waals surface area contributed by atoms with E-state index in [1.54, 1.807) is 0 Å². The molecule has 21 heavy (non-hydrogen) atoms. The summed E-state index contributed by atoms with van der Waals surface area (Å²) < 4.78 is 0. The highest BCUT2D eigenvalue weighted by Crippen LogP contribution is 2.21. The van der Waals surface area contributed by atoms with E-state index in [9.17, 15) is 0 Å². The van der Waals surface area contributed by atoms with Gasteiger partial charge in [-0.25, -0.2) is 0 Å². The number of nitrogens with zero attached hydrogens (tertiary/aromatic N) is 1. The summed E-state index contributed by atoms with van der Waals surface area (Å²) in [4.78, 5) is 4.70. The van der Waals surface area contributed by atoms with Crippen LogP contribution in [0.15, 0.2) is 65.7 Å². The molecule has 0 saturated carbocycles. The summed E-state index contributed by atoms with van der Waals surface area (Å²) in [6.07, 6.45) is 3.22. The lowest BCUT2D eigenvalue weighted by molar-refractivity contribution is 0.638. The molecule has 1 aliphatic heterocycles. The highest BCUT2D eigenvalue weighted by Gasteiger charge is 2.18. The van der Waals surface area contributed by atoms with Crippen molar-refractivity contribution in [2.45, 2.75) is 38.3 Å². The van der Waals surface area contributed by atoms with E-state index in [1.807, 2.05) is 0 Å². The minimum Gasteiger partial charge on any atom is -0.367 e. The van der Waals surface area contributed by atoms with Crippen molar-refractivity contribution in [2.75, 3.05) is 0 Å². The maximum absolute atomic E-state index is 4.70. The fourth-order valence-corrected chi connectivity index (χ4v) is 2.84. The highest BCUT2D eigenvalue weighted by molar-refractivity contribution is 5.84. The zero-order valence-corrected chi connectivity index (χ0v) is 12.5. The van der Waals surface area contributed by atoms with Crippen LogP contribution in [0.5, 0.6) is 0 Å². The fourth-order valence-electron chi connectivity index (χ4n) is 2.84. The second-order valence-electron chi connectivity index (χ2n) is 5.76. The molecule has 1 aliphatic rings. The first-order valence-corrected chi connectivity index (χ1v) is 7.73. The maximum atomic E-state index is 4.70. The average Bonchev–Trinajstić information content (AvgIpc) is 2.94. The molecule has 2 atom stereocenters. The Hall–Kier alpha value is -2.09. The minimum absolute atomic E-state index is 0.289. The van der Waals surface area contributed by atoms with Gasteiger partial charge in [0.1, 0.15) is 0 Å². The largest absolute Gasteiger partial charge is 0.367 e. The Morgan fingerprint density at radius 1 is 1.05 bits per heavy atom. The first-order valence-electron chi connectivity index (χ1n) is 7.73. The number of hydrogen-bond acceptors (Lipinski definition) is 2. The molecule has 1 N–H and O–H groups in total. The molecule has 1 heterocycles. The Balaban J connectivity index is 1.79. The van der Waals surface area contributed by atoms with Gasteiger partial charge in [0.05, 0.1) is 11.9 Å². The van der Waals surface area contributed by atoms with Gasteiger partial charge >= 0.3 is 0 Å². The van der Waals surface area contributed by atoms with E-state index in [4.69, 9.17) is 4.99 Å². The van der Waals surface area contributed by atoms with Gasteiger partial charge in [-0.05, 0) is 30.9 Å². The lowest BCUT2D eigenvalue weighted by Crippen LogP contribution is -2.28. The normalized spacial score (nSPS) is 19.1. The first kappa shape index (κ1) is 13.9. The van der Waals surface area contributed by atoms with Crippen molar-refractivity contribution in [3.63, 3.8) is 0 Å². The molecule has 0 amide bonds. The van der Waals surface area contributed by atoms with Crippen molar-refractivity contribution < 1.29 is 0 Å². The summed E-state index contributed by atoms with van der Waals surface area (Å²) in [5.74, 6) is 1.16.